The van der Waals surface area contributed by atoms with Gasteiger partial charge < -0.3 is 9.47 Å². The van der Waals surface area contributed by atoms with Crippen LogP contribution in [-0.4, -0.2) is 7.11 Å². The second-order valence-electron chi connectivity index (χ2n) is 4.03. The Morgan fingerprint density at radius 3 is 2.32 bits per heavy atom. The number of alkyl halides is 1. The zero-order valence-corrected chi connectivity index (χ0v) is 12.9. The number of hydrogen-bond acceptors (Lipinski definition) is 2. The van der Waals surface area contributed by atoms with Crippen molar-refractivity contribution >= 4 is 27.5 Å². The van der Waals surface area contributed by atoms with Crippen molar-refractivity contribution in [3.05, 3.63) is 58.6 Å². The minimum absolute atomic E-state index is 0.485. The first-order valence-corrected chi connectivity index (χ1v) is 7.33. The summed E-state index contributed by atoms with van der Waals surface area (Å²) in [5.41, 5.74) is 2.21. The first-order valence-electron chi connectivity index (χ1n) is 5.83. The fourth-order valence-electron chi connectivity index (χ4n) is 1.66. The maximum absolute atomic E-state index is 5.85. The van der Waals surface area contributed by atoms with E-state index in [-0.39, 0.29) is 0 Å². The van der Waals surface area contributed by atoms with Crippen LogP contribution in [0.5, 0.6) is 11.5 Å². The van der Waals surface area contributed by atoms with E-state index in [1.54, 1.807) is 7.11 Å². The van der Waals surface area contributed by atoms with Gasteiger partial charge in [0.25, 0.3) is 0 Å². The third-order valence-electron chi connectivity index (χ3n) is 2.69. The largest absolute Gasteiger partial charge is 0.493 e. The van der Waals surface area contributed by atoms with Crippen molar-refractivity contribution in [1.82, 2.24) is 0 Å². The molecule has 0 aliphatic heterocycles. The Kier molecular flexibility index (Phi) is 5.11. The molecule has 0 spiro atoms. The second kappa shape index (κ2) is 6.83. The Morgan fingerprint density at radius 1 is 1.00 bits per heavy atom. The minimum atomic E-state index is 0.485. The molecule has 19 heavy (non-hydrogen) atoms. The molecular formula is C15H14BrClO2. The lowest BCUT2D eigenvalue weighted by Crippen LogP contribution is -1.98. The Labute approximate surface area is 126 Å². The molecule has 0 saturated carbocycles. The molecule has 100 valence electrons. The molecule has 0 unspecified atom stereocenters. The van der Waals surface area contributed by atoms with Gasteiger partial charge in [-0.1, -0.05) is 45.7 Å². The van der Waals surface area contributed by atoms with Gasteiger partial charge in [-0.3, -0.25) is 0 Å². The number of methoxy groups -OCH3 is 1. The Hall–Kier alpha value is -1.19. The van der Waals surface area contributed by atoms with Gasteiger partial charge in [-0.25, -0.2) is 0 Å². The molecule has 0 bridgehead atoms. The maximum atomic E-state index is 5.85. The van der Waals surface area contributed by atoms with Gasteiger partial charge in [-0.05, 0) is 35.4 Å². The number of rotatable bonds is 5. The third-order valence-corrected chi connectivity index (χ3v) is 3.59. The van der Waals surface area contributed by atoms with Gasteiger partial charge in [0.15, 0.2) is 11.5 Å². The van der Waals surface area contributed by atoms with E-state index >= 15 is 0 Å². The molecule has 2 aromatic carbocycles. The minimum Gasteiger partial charge on any atom is -0.493 e. The van der Waals surface area contributed by atoms with Crippen LogP contribution in [0.2, 0.25) is 5.02 Å². The smallest absolute Gasteiger partial charge is 0.161 e. The number of halogens is 2. The molecule has 0 aliphatic carbocycles. The molecule has 2 aromatic rings. The van der Waals surface area contributed by atoms with Crippen LogP contribution in [0.3, 0.4) is 0 Å². The number of hydrogen-bond donors (Lipinski definition) is 0. The van der Waals surface area contributed by atoms with E-state index in [1.807, 2.05) is 42.5 Å². The van der Waals surface area contributed by atoms with Crippen LogP contribution in [-0.2, 0) is 11.9 Å². The fourth-order valence-corrected chi connectivity index (χ4v) is 2.13. The molecule has 0 N–H and O–H groups in total. The van der Waals surface area contributed by atoms with E-state index in [4.69, 9.17) is 21.1 Å². The van der Waals surface area contributed by atoms with Gasteiger partial charge in [0.2, 0.25) is 0 Å². The lowest BCUT2D eigenvalue weighted by atomic mass is 10.2. The van der Waals surface area contributed by atoms with Crippen molar-refractivity contribution in [2.75, 3.05) is 7.11 Å². The average molecular weight is 342 g/mol. The van der Waals surface area contributed by atoms with Crippen molar-refractivity contribution in [3.63, 3.8) is 0 Å². The van der Waals surface area contributed by atoms with Crippen LogP contribution in [0.15, 0.2) is 42.5 Å². The standard InChI is InChI=1S/C15H14BrClO2/c1-18-14-7-4-12(9-16)8-15(14)19-10-11-2-5-13(17)6-3-11/h2-8H,9-10H2,1H3. The highest BCUT2D eigenvalue weighted by Crippen LogP contribution is 2.29. The Morgan fingerprint density at radius 2 is 1.68 bits per heavy atom. The lowest BCUT2D eigenvalue weighted by Gasteiger charge is -2.12. The summed E-state index contributed by atoms with van der Waals surface area (Å²) < 4.78 is 11.1. The van der Waals surface area contributed by atoms with Crippen molar-refractivity contribution in [1.29, 1.82) is 0 Å². The van der Waals surface area contributed by atoms with E-state index in [0.29, 0.717) is 6.61 Å². The van der Waals surface area contributed by atoms with Crippen LogP contribution in [0, 0.1) is 0 Å². The summed E-state index contributed by atoms with van der Waals surface area (Å²) in [6, 6.07) is 13.5. The molecule has 0 fully saturated rings. The summed E-state index contributed by atoms with van der Waals surface area (Å²) in [5.74, 6) is 1.48. The summed E-state index contributed by atoms with van der Waals surface area (Å²) in [7, 11) is 1.64. The molecule has 2 rings (SSSR count). The molecule has 0 aliphatic rings. The topological polar surface area (TPSA) is 18.5 Å². The highest BCUT2D eigenvalue weighted by molar-refractivity contribution is 9.08. The summed E-state index contributed by atoms with van der Waals surface area (Å²) >= 11 is 9.28. The molecule has 0 saturated heterocycles. The van der Waals surface area contributed by atoms with E-state index in [2.05, 4.69) is 15.9 Å². The molecule has 4 heteroatoms. The van der Waals surface area contributed by atoms with Crippen LogP contribution in [0.4, 0.5) is 0 Å². The van der Waals surface area contributed by atoms with Gasteiger partial charge in [0.1, 0.15) is 6.61 Å². The second-order valence-corrected chi connectivity index (χ2v) is 5.03. The maximum Gasteiger partial charge on any atom is 0.161 e. The van der Waals surface area contributed by atoms with Crippen molar-refractivity contribution in [3.8, 4) is 11.5 Å². The van der Waals surface area contributed by atoms with Crippen LogP contribution in [0.25, 0.3) is 0 Å². The van der Waals surface area contributed by atoms with Crippen molar-refractivity contribution in [2.45, 2.75) is 11.9 Å². The van der Waals surface area contributed by atoms with Gasteiger partial charge in [-0.2, -0.15) is 0 Å². The van der Waals surface area contributed by atoms with Gasteiger partial charge >= 0.3 is 0 Å². The van der Waals surface area contributed by atoms with Gasteiger partial charge in [0, 0.05) is 10.4 Å². The summed E-state index contributed by atoms with van der Waals surface area (Å²) in [6.07, 6.45) is 0. The summed E-state index contributed by atoms with van der Waals surface area (Å²) in [4.78, 5) is 0. The molecule has 0 radical (unpaired) electrons. The number of ether oxygens (including phenoxy) is 2. The van der Waals surface area contributed by atoms with Crippen LogP contribution >= 0.6 is 27.5 Å². The predicted molar refractivity (Wildman–Crippen MR) is 81.4 cm³/mol. The van der Waals surface area contributed by atoms with Crippen molar-refractivity contribution < 1.29 is 9.47 Å². The zero-order valence-electron chi connectivity index (χ0n) is 10.5. The molecule has 0 heterocycles. The lowest BCUT2D eigenvalue weighted by molar-refractivity contribution is 0.284. The zero-order chi connectivity index (χ0) is 13.7. The first kappa shape index (κ1) is 14.2. The Balaban J connectivity index is 2.11. The summed E-state index contributed by atoms with van der Waals surface area (Å²) in [5, 5.41) is 1.51. The van der Waals surface area contributed by atoms with Crippen LogP contribution < -0.4 is 9.47 Å². The van der Waals surface area contributed by atoms with E-state index in [1.165, 1.54) is 0 Å². The van der Waals surface area contributed by atoms with Crippen molar-refractivity contribution in [2.24, 2.45) is 0 Å². The molecule has 0 aromatic heterocycles. The summed E-state index contributed by atoms with van der Waals surface area (Å²) in [6.45, 7) is 0.485. The van der Waals surface area contributed by atoms with E-state index in [0.717, 1.165) is 33.0 Å². The monoisotopic (exact) mass is 340 g/mol. The highest BCUT2D eigenvalue weighted by Gasteiger charge is 2.06. The molecule has 2 nitrogen and oxygen atoms in total. The predicted octanol–water partition coefficient (Wildman–Crippen LogP) is 4.82. The van der Waals surface area contributed by atoms with Gasteiger partial charge in [0.05, 0.1) is 7.11 Å². The van der Waals surface area contributed by atoms with E-state index < -0.39 is 0 Å². The van der Waals surface area contributed by atoms with Gasteiger partial charge in [-0.15, -0.1) is 0 Å². The average Bonchev–Trinajstić information content (AvgIpc) is 2.46. The SMILES string of the molecule is COc1ccc(CBr)cc1OCc1ccc(Cl)cc1. The Bertz CT molecular complexity index is 540. The first-order chi connectivity index (χ1) is 9.22. The number of benzene rings is 2. The molecular weight excluding hydrogens is 328 g/mol. The van der Waals surface area contributed by atoms with Crippen LogP contribution in [0.1, 0.15) is 11.1 Å². The quantitative estimate of drug-likeness (QED) is 0.726. The molecule has 0 amide bonds. The highest BCUT2D eigenvalue weighted by atomic mass is 79.9. The third kappa shape index (κ3) is 3.88. The fraction of sp³-hybridized carbons (Fsp3) is 0.200. The molecule has 0 atom stereocenters. The van der Waals surface area contributed by atoms with E-state index in [9.17, 15) is 0 Å². The normalized spacial score (nSPS) is 10.3.